The number of furan rings is 1. The van der Waals surface area contributed by atoms with E-state index in [0.717, 1.165) is 5.39 Å². The van der Waals surface area contributed by atoms with Crippen LogP contribution in [0.2, 0.25) is 0 Å². The molecule has 27 heavy (non-hydrogen) atoms. The molecule has 1 aliphatic rings. The quantitative estimate of drug-likeness (QED) is 0.742. The van der Waals surface area contributed by atoms with Gasteiger partial charge in [0.05, 0.1) is 12.5 Å². The molecule has 2 aromatic heterocycles. The maximum Gasteiger partial charge on any atom is 0.293 e. The van der Waals surface area contributed by atoms with Gasteiger partial charge in [-0.25, -0.2) is 0 Å². The number of para-hydroxylation sites is 1. The van der Waals surface area contributed by atoms with Crippen molar-refractivity contribution in [3.8, 4) is 5.75 Å². The number of H-pyrrole nitrogens is 1. The molecule has 1 aromatic carbocycles. The van der Waals surface area contributed by atoms with Gasteiger partial charge in [-0.05, 0) is 37.1 Å². The molecule has 0 radical (unpaired) electrons. The number of rotatable bonds is 4. The largest absolute Gasteiger partial charge is 0.492 e. The first-order valence-corrected chi connectivity index (χ1v) is 8.96. The Labute approximate surface area is 156 Å². The Kier molecular flexibility index (Phi) is 4.58. The molecule has 140 valence electrons. The van der Waals surface area contributed by atoms with Crippen molar-refractivity contribution < 1.29 is 18.7 Å². The number of fused-ring (bicyclic) bond motifs is 1. The summed E-state index contributed by atoms with van der Waals surface area (Å²) in [7, 11) is 1.54. The fourth-order valence-corrected chi connectivity index (χ4v) is 3.47. The van der Waals surface area contributed by atoms with Crippen LogP contribution >= 0.6 is 0 Å². The number of aromatic amines is 1. The first-order valence-electron chi connectivity index (χ1n) is 8.96. The summed E-state index contributed by atoms with van der Waals surface area (Å²) in [6, 6.07) is 11.0. The molecule has 1 saturated heterocycles. The third-order valence-electron chi connectivity index (χ3n) is 4.91. The third kappa shape index (κ3) is 3.28. The highest BCUT2D eigenvalue weighted by molar-refractivity contribution is 6.01. The Bertz CT molecular complexity index is 953. The highest BCUT2D eigenvalue weighted by Gasteiger charge is 2.30. The third-order valence-corrected chi connectivity index (χ3v) is 4.91. The molecule has 2 N–H and O–H groups in total. The average molecular weight is 367 g/mol. The van der Waals surface area contributed by atoms with Crippen LogP contribution in [0.5, 0.6) is 5.75 Å². The molecule has 2 amide bonds. The number of aromatic nitrogens is 1. The predicted molar refractivity (Wildman–Crippen MR) is 100.0 cm³/mol. The second-order valence-corrected chi connectivity index (χ2v) is 6.58. The van der Waals surface area contributed by atoms with Crippen molar-refractivity contribution in [3.05, 3.63) is 54.0 Å². The van der Waals surface area contributed by atoms with Gasteiger partial charge >= 0.3 is 0 Å². The normalized spacial score (nSPS) is 15.1. The molecule has 0 spiro atoms. The molecule has 0 unspecified atom stereocenters. The number of piperidine rings is 1. The van der Waals surface area contributed by atoms with E-state index in [0.29, 0.717) is 43.0 Å². The lowest BCUT2D eigenvalue weighted by Crippen LogP contribution is -2.46. The molecule has 0 aliphatic carbocycles. The van der Waals surface area contributed by atoms with Gasteiger partial charge < -0.3 is 24.4 Å². The van der Waals surface area contributed by atoms with Gasteiger partial charge in [-0.1, -0.05) is 12.1 Å². The van der Waals surface area contributed by atoms with E-state index in [9.17, 15) is 9.59 Å². The molecule has 1 fully saturated rings. The minimum atomic E-state index is -0.183. The molecule has 7 heteroatoms. The highest BCUT2D eigenvalue weighted by Crippen LogP contribution is 2.34. The molecular formula is C20H21N3O4. The zero-order chi connectivity index (χ0) is 18.8. The summed E-state index contributed by atoms with van der Waals surface area (Å²) in [4.78, 5) is 29.7. The maximum atomic E-state index is 12.9. The van der Waals surface area contributed by atoms with Crippen LogP contribution in [0.3, 0.4) is 0 Å². The molecule has 7 nitrogen and oxygen atoms in total. The van der Waals surface area contributed by atoms with Crippen LogP contribution in [0.1, 0.15) is 33.9 Å². The minimum Gasteiger partial charge on any atom is -0.492 e. The van der Waals surface area contributed by atoms with E-state index < -0.39 is 0 Å². The molecule has 1 aliphatic heterocycles. The Morgan fingerprint density at radius 2 is 1.96 bits per heavy atom. The van der Waals surface area contributed by atoms with Gasteiger partial charge in [-0.15, -0.1) is 0 Å². The Morgan fingerprint density at radius 1 is 1.19 bits per heavy atom. The molecule has 4 rings (SSSR count). The van der Waals surface area contributed by atoms with Crippen molar-refractivity contribution >= 4 is 22.8 Å². The minimum absolute atomic E-state index is 0.0439. The van der Waals surface area contributed by atoms with Crippen molar-refractivity contribution in [1.82, 2.24) is 15.2 Å². The molecular weight excluding hydrogens is 346 g/mol. The van der Waals surface area contributed by atoms with Gasteiger partial charge in [-0.3, -0.25) is 9.59 Å². The monoisotopic (exact) mass is 367 g/mol. The van der Waals surface area contributed by atoms with Gasteiger partial charge in [0.25, 0.3) is 11.8 Å². The second-order valence-electron chi connectivity index (χ2n) is 6.58. The number of nitrogens with one attached hydrogen (secondary N) is 2. The number of carbonyl (C=O) groups is 2. The molecule has 3 heterocycles. The van der Waals surface area contributed by atoms with Gasteiger partial charge in [0.15, 0.2) is 5.75 Å². The lowest BCUT2D eigenvalue weighted by atomic mass is 10.0. The van der Waals surface area contributed by atoms with Gasteiger partial charge in [0.1, 0.15) is 11.3 Å². The van der Waals surface area contributed by atoms with Crippen molar-refractivity contribution in [3.63, 3.8) is 0 Å². The summed E-state index contributed by atoms with van der Waals surface area (Å²) in [5.74, 6) is 0.395. The second kappa shape index (κ2) is 7.19. The number of hydrogen-bond acceptors (Lipinski definition) is 4. The topological polar surface area (TPSA) is 87.6 Å². The number of nitrogens with zero attached hydrogens (tertiary/aromatic N) is 1. The zero-order valence-corrected chi connectivity index (χ0v) is 15.0. The van der Waals surface area contributed by atoms with Gasteiger partial charge in [0, 0.05) is 25.3 Å². The summed E-state index contributed by atoms with van der Waals surface area (Å²) in [5, 5.41) is 3.80. The number of likely N-dealkylation sites (tertiary alicyclic amines) is 1. The summed E-state index contributed by atoms with van der Waals surface area (Å²) in [6.45, 7) is 1.10. The van der Waals surface area contributed by atoms with Gasteiger partial charge in [0.2, 0.25) is 5.76 Å². The number of hydrogen-bond donors (Lipinski definition) is 2. The zero-order valence-electron chi connectivity index (χ0n) is 15.0. The summed E-state index contributed by atoms with van der Waals surface area (Å²) in [5.41, 5.74) is 1.17. The van der Waals surface area contributed by atoms with Crippen LogP contribution in [-0.2, 0) is 0 Å². The fraction of sp³-hybridized carbons (Fsp3) is 0.300. The molecule has 0 atom stereocenters. The number of ether oxygens (including phenoxy) is 1. The van der Waals surface area contributed by atoms with E-state index in [4.69, 9.17) is 9.15 Å². The van der Waals surface area contributed by atoms with Crippen molar-refractivity contribution in [2.24, 2.45) is 0 Å². The Hall–Kier alpha value is -3.22. The SMILES string of the molecule is COc1c(C(=O)N2CCC(NC(=O)c3ccc[nH]3)CC2)oc2ccccc12. The first kappa shape index (κ1) is 17.2. The summed E-state index contributed by atoms with van der Waals surface area (Å²) in [6.07, 6.45) is 3.11. The van der Waals surface area contributed by atoms with Gasteiger partial charge in [-0.2, -0.15) is 0 Å². The lowest BCUT2D eigenvalue weighted by molar-refractivity contribution is 0.0665. The Morgan fingerprint density at radius 3 is 2.67 bits per heavy atom. The van der Waals surface area contributed by atoms with Crippen molar-refractivity contribution in [2.75, 3.05) is 20.2 Å². The van der Waals surface area contributed by atoms with E-state index in [1.807, 2.05) is 24.3 Å². The van der Waals surface area contributed by atoms with Crippen molar-refractivity contribution in [1.29, 1.82) is 0 Å². The van der Waals surface area contributed by atoms with E-state index in [1.54, 1.807) is 23.2 Å². The maximum absolute atomic E-state index is 12.9. The van der Waals surface area contributed by atoms with Crippen LogP contribution in [-0.4, -0.2) is 47.9 Å². The van der Waals surface area contributed by atoms with Crippen LogP contribution < -0.4 is 10.1 Å². The standard InChI is InChI=1S/C20H21N3O4/c1-26-17-14-5-2-3-7-16(14)27-18(17)20(25)23-11-8-13(9-12-23)22-19(24)15-6-4-10-21-15/h2-7,10,13,21H,8-9,11-12H2,1H3,(H,22,24). The molecule has 3 aromatic rings. The van der Waals surface area contributed by atoms with Crippen LogP contribution in [0.4, 0.5) is 0 Å². The molecule has 0 saturated carbocycles. The number of amides is 2. The average Bonchev–Trinajstić information content (AvgIpc) is 3.35. The number of benzene rings is 1. The van der Waals surface area contributed by atoms with Crippen molar-refractivity contribution in [2.45, 2.75) is 18.9 Å². The molecule has 0 bridgehead atoms. The van der Waals surface area contributed by atoms with E-state index in [2.05, 4.69) is 10.3 Å². The first-order chi connectivity index (χ1) is 13.2. The highest BCUT2D eigenvalue weighted by atomic mass is 16.5. The smallest absolute Gasteiger partial charge is 0.293 e. The number of methoxy groups -OCH3 is 1. The Balaban J connectivity index is 1.42. The fourth-order valence-electron chi connectivity index (χ4n) is 3.47. The van der Waals surface area contributed by atoms with E-state index in [1.165, 1.54) is 7.11 Å². The van der Waals surface area contributed by atoms with Crippen LogP contribution in [0.25, 0.3) is 11.0 Å². The predicted octanol–water partition coefficient (Wildman–Crippen LogP) is 2.80. The van der Waals surface area contributed by atoms with E-state index in [-0.39, 0.29) is 23.6 Å². The lowest BCUT2D eigenvalue weighted by Gasteiger charge is -2.31. The number of carbonyl (C=O) groups excluding carboxylic acids is 2. The van der Waals surface area contributed by atoms with E-state index >= 15 is 0 Å². The summed E-state index contributed by atoms with van der Waals surface area (Å²) < 4.78 is 11.2. The van der Waals surface area contributed by atoms with Crippen LogP contribution in [0, 0.1) is 0 Å². The van der Waals surface area contributed by atoms with Crippen LogP contribution in [0.15, 0.2) is 47.0 Å². The summed E-state index contributed by atoms with van der Waals surface area (Å²) >= 11 is 0.